The number of aromatic nitrogens is 4. The SMILES string of the molecule is O=C(CSc1nnc(-c2ccc3ccccc3c2)o1)Nc1cnn(CC2CCCO2)c1. The summed E-state index contributed by atoms with van der Waals surface area (Å²) in [6.45, 7) is 1.51. The number of thioether (sulfide) groups is 1. The first kappa shape index (κ1) is 19.8. The van der Waals surface area contributed by atoms with Crippen molar-refractivity contribution in [2.24, 2.45) is 0 Å². The van der Waals surface area contributed by atoms with Crippen molar-refractivity contribution in [3.05, 3.63) is 54.9 Å². The number of hydrogen-bond acceptors (Lipinski definition) is 7. The van der Waals surface area contributed by atoms with Crippen molar-refractivity contribution in [2.45, 2.75) is 30.7 Å². The van der Waals surface area contributed by atoms with Crippen LogP contribution in [0, 0.1) is 0 Å². The van der Waals surface area contributed by atoms with Gasteiger partial charge in [-0.25, -0.2) is 0 Å². The molecule has 0 aliphatic carbocycles. The third-order valence-electron chi connectivity index (χ3n) is 5.06. The molecule has 31 heavy (non-hydrogen) atoms. The molecular weight excluding hydrogens is 414 g/mol. The molecule has 1 atom stereocenters. The first-order valence-electron chi connectivity index (χ1n) is 10.1. The number of hydrogen-bond donors (Lipinski definition) is 1. The minimum absolute atomic E-state index is 0.160. The largest absolute Gasteiger partial charge is 0.411 e. The molecule has 1 amide bonds. The van der Waals surface area contributed by atoms with E-state index >= 15 is 0 Å². The number of nitrogens with zero attached hydrogens (tertiary/aromatic N) is 4. The van der Waals surface area contributed by atoms with E-state index in [9.17, 15) is 4.79 Å². The highest BCUT2D eigenvalue weighted by Gasteiger charge is 2.17. The molecule has 9 heteroatoms. The highest BCUT2D eigenvalue weighted by atomic mass is 32.2. The van der Waals surface area contributed by atoms with E-state index in [-0.39, 0.29) is 17.8 Å². The lowest BCUT2D eigenvalue weighted by Gasteiger charge is -2.08. The summed E-state index contributed by atoms with van der Waals surface area (Å²) in [6.07, 6.45) is 5.79. The second-order valence-corrected chi connectivity index (χ2v) is 8.28. The Hall–Kier alpha value is -3.17. The Morgan fingerprint density at radius 2 is 2.10 bits per heavy atom. The van der Waals surface area contributed by atoms with Crippen LogP contribution in [0.5, 0.6) is 0 Å². The fourth-order valence-corrected chi connectivity index (χ4v) is 4.12. The highest BCUT2D eigenvalue weighted by molar-refractivity contribution is 7.99. The zero-order valence-corrected chi connectivity index (χ0v) is 17.5. The van der Waals surface area contributed by atoms with Gasteiger partial charge >= 0.3 is 0 Å². The molecule has 5 rings (SSSR count). The van der Waals surface area contributed by atoms with Crippen molar-refractivity contribution in [3.63, 3.8) is 0 Å². The smallest absolute Gasteiger partial charge is 0.277 e. The van der Waals surface area contributed by atoms with Gasteiger partial charge in [0.1, 0.15) is 0 Å². The molecule has 0 radical (unpaired) electrons. The van der Waals surface area contributed by atoms with E-state index in [0.29, 0.717) is 23.3 Å². The molecule has 3 heterocycles. The van der Waals surface area contributed by atoms with E-state index in [2.05, 4.69) is 26.7 Å². The number of carbonyl (C=O) groups is 1. The minimum Gasteiger partial charge on any atom is -0.411 e. The van der Waals surface area contributed by atoms with Gasteiger partial charge in [-0.1, -0.05) is 42.1 Å². The van der Waals surface area contributed by atoms with Crippen molar-refractivity contribution < 1.29 is 13.9 Å². The summed E-state index contributed by atoms with van der Waals surface area (Å²) in [4.78, 5) is 12.3. The predicted octanol–water partition coefficient (Wildman–Crippen LogP) is 4.00. The van der Waals surface area contributed by atoms with Crippen LogP contribution in [0.25, 0.3) is 22.2 Å². The molecule has 0 saturated carbocycles. The standard InChI is InChI=1S/C22H21N5O3S/c28-20(24-18-11-23-27(12-18)13-19-6-3-9-29-19)14-31-22-26-25-21(30-22)17-8-7-15-4-1-2-5-16(15)10-17/h1-2,4-5,7-8,10-12,19H,3,6,9,13-14H2,(H,24,28). The minimum atomic E-state index is -0.160. The number of nitrogens with one attached hydrogen (secondary N) is 1. The Kier molecular flexibility index (Phi) is 5.68. The molecule has 2 aromatic heterocycles. The molecular formula is C22H21N5O3S. The summed E-state index contributed by atoms with van der Waals surface area (Å²) in [5, 5.41) is 17.9. The van der Waals surface area contributed by atoms with Gasteiger partial charge in [0.05, 0.1) is 30.3 Å². The lowest BCUT2D eigenvalue weighted by molar-refractivity contribution is -0.113. The molecule has 1 aliphatic heterocycles. The second-order valence-electron chi connectivity index (χ2n) is 7.36. The van der Waals surface area contributed by atoms with Crippen molar-refractivity contribution in [1.82, 2.24) is 20.0 Å². The average molecular weight is 436 g/mol. The number of anilines is 1. The monoisotopic (exact) mass is 435 g/mol. The van der Waals surface area contributed by atoms with Crippen LogP contribution in [0.15, 0.2) is 64.5 Å². The van der Waals surface area contributed by atoms with Crippen LogP contribution in [0.4, 0.5) is 5.69 Å². The maximum absolute atomic E-state index is 12.3. The van der Waals surface area contributed by atoms with E-state index in [1.165, 1.54) is 11.8 Å². The van der Waals surface area contributed by atoms with Crippen molar-refractivity contribution in [3.8, 4) is 11.5 Å². The van der Waals surface area contributed by atoms with E-state index < -0.39 is 0 Å². The summed E-state index contributed by atoms with van der Waals surface area (Å²) >= 11 is 1.20. The predicted molar refractivity (Wildman–Crippen MR) is 118 cm³/mol. The van der Waals surface area contributed by atoms with Gasteiger partial charge in [-0.3, -0.25) is 9.48 Å². The molecule has 0 spiro atoms. The molecule has 1 saturated heterocycles. The fraction of sp³-hybridized carbons (Fsp3) is 0.273. The van der Waals surface area contributed by atoms with Gasteiger partial charge in [-0.05, 0) is 35.7 Å². The first-order valence-corrected chi connectivity index (χ1v) is 11.1. The number of carbonyl (C=O) groups excluding carboxylic acids is 1. The zero-order chi connectivity index (χ0) is 21.0. The molecule has 1 unspecified atom stereocenters. The fourth-order valence-electron chi connectivity index (χ4n) is 3.56. The van der Waals surface area contributed by atoms with Gasteiger partial charge in [-0.15, -0.1) is 10.2 Å². The lowest BCUT2D eigenvalue weighted by atomic mass is 10.1. The Morgan fingerprint density at radius 1 is 1.19 bits per heavy atom. The van der Waals surface area contributed by atoms with Crippen LogP contribution in [0.1, 0.15) is 12.8 Å². The number of fused-ring (bicyclic) bond motifs is 1. The summed E-state index contributed by atoms with van der Waals surface area (Å²) in [5.74, 6) is 0.437. The van der Waals surface area contributed by atoms with E-state index in [1.807, 2.05) is 42.6 Å². The number of amides is 1. The van der Waals surface area contributed by atoms with Crippen molar-refractivity contribution in [1.29, 1.82) is 0 Å². The normalized spacial score (nSPS) is 16.1. The quantitative estimate of drug-likeness (QED) is 0.439. The van der Waals surface area contributed by atoms with Crippen molar-refractivity contribution in [2.75, 3.05) is 17.7 Å². The van der Waals surface area contributed by atoms with E-state index in [1.54, 1.807) is 10.9 Å². The molecule has 1 N–H and O–H groups in total. The number of ether oxygens (including phenoxy) is 1. The zero-order valence-electron chi connectivity index (χ0n) is 16.7. The van der Waals surface area contributed by atoms with Gasteiger partial charge in [0.2, 0.25) is 11.8 Å². The molecule has 1 aliphatic rings. The van der Waals surface area contributed by atoms with Crippen LogP contribution >= 0.6 is 11.8 Å². The Labute approximate surface area is 183 Å². The number of rotatable bonds is 7. The van der Waals surface area contributed by atoms with E-state index in [4.69, 9.17) is 9.15 Å². The van der Waals surface area contributed by atoms with E-state index in [0.717, 1.165) is 35.8 Å². The van der Waals surface area contributed by atoms with Crippen molar-refractivity contribution >= 4 is 34.1 Å². The third-order valence-corrected chi connectivity index (χ3v) is 5.88. The highest BCUT2D eigenvalue weighted by Crippen LogP contribution is 2.26. The maximum atomic E-state index is 12.3. The van der Waals surface area contributed by atoms with Gasteiger partial charge < -0.3 is 14.5 Å². The molecule has 1 fully saturated rings. The molecule has 8 nitrogen and oxygen atoms in total. The average Bonchev–Trinajstić information content (AvgIpc) is 3.55. The molecule has 2 aromatic carbocycles. The third kappa shape index (κ3) is 4.78. The van der Waals surface area contributed by atoms with Crippen LogP contribution in [-0.4, -0.2) is 44.3 Å². The molecule has 0 bridgehead atoms. The Morgan fingerprint density at radius 3 is 2.97 bits per heavy atom. The van der Waals surface area contributed by atoms with Crippen LogP contribution < -0.4 is 5.32 Å². The summed E-state index contributed by atoms with van der Waals surface area (Å²) < 4.78 is 13.1. The molecule has 4 aromatic rings. The Bertz CT molecular complexity index is 1200. The number of benzene rings is 2. The van der Waals surface area contributed by atoms with Gasteiger partial charge in [0.25, 0.3) is 5.22 Å². The second kappa shape index (κ2) is 8.91. The first-order chi connectivity index (χ1) is 15.2. The summed E-state index contributed by atoms with van der Waals surface area (Å²) in [7, 11) is 0. The lowest BCUT2D eigenvalue weighted by Crippen LogP contribution is -2.15. The topological polar surface area (TPSA) is 95.1 Å². The van der Waals surface area contributed by atoms with Gasteiger partial charge in [0, 0.05) is 18.4 Å². The van der Waals surface area contributed by atoms with Gasteiger partial charge in [0.15, 0.2) is 0 Å². The van der Waals surface area contributed by atoms with Crippen LogP contribution in [0.3, 0.4) is 0 Å². The van der Waals surface area contributed by atoms with Crippen LogP contribution in [-0.2, 0) is 16.1 Å². The molecule has 158 valence electrons. The van der Waals surface area contributed by atoms with Gasteiger partial charge in [-0.2, -0.15) is 5.10 Å². The summed E-state index contributed by atoms with van der Waals surface area (Å²) in [6, 6.07) is 14.1. The van der Waals surface area contributed by atoms with Crippen LogP contribution in [0.2, 0.25) is 0 Å². The Balaban J connectivity index is 1.15. The summed E-state index contributed by atoms with van der Waals surface area (Å²) in [5.41, 5.74) is 1.51. The maximum Gasteiger partial charge on any atom is 0.277 e.